The number of hydrogen-bond acceptors (Lipinski definition) is 7. The third-order valence-electron chi connectivity index (χ3n) is 5.91. The van der Waals surface area contributed by atoms with E-state index in [-0.39, 0.29) is 11.7 Å². The molecule has 5 aromatic rings. The van der Waals surface area contributed by atoms with Crippen molar-refractivity contribution in [1.82, 2.24) is 20.2 Å². The Hall–Kier alpha value is -4.89. The van der Waals surface area contributed by atoms with Crippen molar-refractivity contribution in [3.63, 3.8) is 0 Å². The zero-order valence-corrected chi connectivity index (χ0v) is 23.3. The van der Waals surface area contributed by atoms with Crippen molar-refractivity contribution in [2.45, 2.75) is 18.7 Å². The van der Waals surface area contributed by atoms with Crippen LogP contribution in [0.2, 0.25) is 0 Å². The summed E-state index contributed by atoms with van der Waals surface area (Å²) >= 11 is 1.29. The molecule has 0 aliphatic heterocycles. The number of rotatable bonds is 12. The molecule has 0 saturated carbocycles. The van der Waals surface area contributed by atoms with E-state index in [0.29, 0.717) is 24.2 Å². The van der Waals surface area contributed by atoms with Crippen LogP contribution in [0.5, 0.6) is 11.5 Å². The monoisotopic (exact) mass is 563 g/mol. The summed E-state index contributed by atoms with van der Waals surface area (Å²) in [7, 11) is 0. The van der Waals surface area contributed by atoms with E-state index in [1.54, 1.807) is 6.21 Å². The molecule has 1 heterocycles. The lowest BCUT2D eigenvalue weighted by molar-refractivity contribution is -0.118. The molecular weight excluding hydrogens is 534 g/mol. The summed E-state index contributed by atoms with van der Waals surface area (Å²) < 4.78 is 13.4. The quantitative estimate of drug-likeness (QED) is 0.111. The number of aromatic nitrogens is 3. The maximum atomic E-state index is 12.6. The molecule has 1 N–H and O–H groups in total. The second kappa shape index (κ2) is 14.0. The van der Waals surface area contributed by atoms with Crippen molar-refractivity contribution in [2.75, 3.05) is 12.4 Å². The maximum absolute atomic E-state index is 12.6. The summed E-state index contributed by atoms with van der Waals surface area (Å²) in [6, 6.07) is 35.0. The van der Waals surface area contributed by atoms with E-state index in [9.17, 15) is 4.79 Å². The summed E-state index contributed by atoms with van der Waals surface area (Å²) in [5.41, 5.74) is 6.28. The van der Waals surface area contributed by atoms with Gasteiger partial charge in [-0.15, -0.1) is 10.2 Å². The summed E-state index contributed by atoms with van der Waals surface area (Å²) in [4.78, 5) is 12.6. The van der Waals surface area contributed by atoms with Gasteiger partial charge in [0.2, 0.25) is 0 Å². The molecule has 1 amide bonds. The Bertz CT molecular complexity index is 1590. The fraction of sp³-hybridized carbons (Fsp3) is 0.125. The molecule has 0 bridgehead atoms. The number of nitrogens with one attached hydrogen (secondary N) is 1. The van der Waals surface area contributed by atoms with Crippen LogP contribution in [-0.2, 0) is 11.4 Å². The van der Waals surface area contributed by atoms with E-state index in [2.05, 4.69) is 20.7 Å². The van der Waals surface area contributed by atoms with Gasteiger partial charge in [0.05, 0.1) is 18.6 Å². The summed E-state index contributed by atoms with van der Waals surface area (Å²) in [6.45, 7) is 3.01. The van der Waals surface area contributed by atoms with E-state index < -0.39 is 0 Å². The number of carbonyl (C=O) groups excluding carboxylic acids is 1. The second-order valence-corrected chi connectivity index (χ2v) is 9.81. The van der Waals surface area contributed by atoms with Crippen LogP contribution >= 0.6 is 11.8 Å². The zero-order chi connectivity index (χ0) is 28.3. The largest absolute Gasteiger partial charge is 0.494 e. The molecule has 5 rings (SSSR count). The Morgan fingerprint density at radius 1 is 0.878 bits per heavy atom. The molecule has 9 heteroatoms. The number of ether oxygens (including phenoxy) is 2. The van der Waals surface area contributed by atoms with E-state index in [1.165, 1.54) is 11.8 Å². The van der Waals surface area contributed by atoms with Gasteiger partial charge in [-0.25, -0.2) is 5.43 Å². The molecule has 4 aromatic carbocycles. The SMILES string of the molecule is CCOc1ccc(-n2c(SCC(=O)NN=Cc3cccc(OCc4ccccc4)c3)nnc2-c2ccccc2)cc1. The third kappa shape index (κ3) is 7.61. The average molecular weight is 564 g/mol. The first-order chi connectivity index (χ1) is 20.2. The molecule has 206 valence electrons. The minimum Gasteiger partial charge on any atom is -0.494 e. The standard InChI is InChI=1S/C32H29N5O3S/c1-2-39-28-18-16-27(17-19-28)37-31(26-13-7-4-8-14-26)35-36-32(37)41-23-30(38)34-33-21-25-12-9-15-29(20-25)40-22-24-10-5-3-6-11-24/h3-21H,2,22-23H2,1H3,(H,34,38). The first-order valence-corrected chi connectivity index (χ1v) is 14.1. The van der Waals surface area contributed by atoms with Crippen LogP contribution in [0.4, 0.5) is 0 Å². The molecule has 0 aliphatic carbocycles. The van der Waals surface area contributed by atoms with Gasteiger partial charge in [-0.1, -0.05) is 84.6 Å². The Labute approximate surface area is 243 Å². The molecule has 0 saturated heterocycles. The van der Waals surface area contributed by atoms with Crippen LogP contribution in [-0.4, -0.2) is 39.2 Å². The van der Waals surface area contributed by atoms with Crippen LogP contribution in [0.25, 0.3) is 17.1 Å². The van der Waals surface area contributed by atoms with E-state index >= 15 is 0 Å². The lowest BCUT2D eigenvalue weighted by atomic mass is 10.2. The van der Waals surface area contributed by atoms with Crippen molar-refractivity contribution in [3.05, 3.63) is 120 Å². The van der Waals surface area contributed by atoms with Gasteiger partial charge in [0.1, 0.15) is 18.1 Å². The molecule has 0 radical (unpaired) electrons. The summed E-state index contributed by atoms with van der Waals surface area (Å²) in [5.74, 6) is 2.05. The number of amides is 1. The van der Waals surface area contributed by atoms with E-state index in [4.69, 9.17) is 9.47 Å². The average Bonchev–Trinajstić information content (AvgIpc) is 3.45. The van der Waals surface area contributed by atoms with Crippen LogP contribution in [0.15, 0.2) is 119 Å². The zero-order valence-electron chi connectivity index (χ0n) is 22.5. The highest BCUT2D eigenvalue weighted by molar-refractivity contribution is 7.99. The number of thioether (sulfide) groups is 1. The van der Waals surface area contributed by atoms with Crippen molar-refractivity contribution >= 4 is 23.9 Å². The highest BCUT2D eigenvalue weighted by Gasteiger charge is 2.17. The van der Waals surface area contributed by atoms with Gasteiger partial charge in [-0.05, 0) is 54.4 Å². The highest BCUT2D eigenvalue weighted by atomic mass is 32.2. The van der Waals surface area contributed by atoms with Crippen molar-refractivity contribution in [2.24, 2.45) is 5.10 Å². The van der Waals surface area contributed by atoms with Crippen molar-refractivity contribution in [3.8, 4) is 28.6 Å². The van der Waals surface area contributed by atoms with Crippen LogP contribution in [0.1, 0.15) is 18.1 Å². The lowest BCUT2D eigenvalue weighted by Gasteiger charge is -2.11. The summed E-state index contributed by atoms with van der Waals surface area (Å²) in [5, 5.41) is 13.5. The number of hydrazone groups is 1. The van der Waals surface area contributed by atoms with Gasteiger partial charge < -0.3 is 9.47 Å². The molecule has 0 aliphatic rings. The van der Waals surface area contributed by atoms with Crippen molar-refractivity contribution < 1.29 is 14.3 Å². The van der Waals surface area contributed by atoms with Gasteiger partial charge in [-0.2, -0.15) is 5.10 Å². The van der Waals surface area contributed by atoms with E-state index in [1.807, 2.05) is 121 Å². The van der Waals surface area contributed by atoms with Crippen molar-refractivity contribution in [1.29, 1.82) is 0 Å². The molecule has 0 fully saturated rings. The molecule has 0 atom stereocenters. The number of carbonyl (C=O) groups is 1. The number of benzene rings is 4. The van der Waals surface area contributed by atoms with Gasteiger partial charge in [0, 0.05) is 11.3 Å². The van der Waals surface area contributed by atoms with Gasteiger partial charge in [-0.3, -0.25) is 9.36 Å². The van der Waals surface area contributed by atoms with Crippen LogP contribution in [0.3, 0.4) is 0 Å². The molecule has 0 unspecified atom stereocenters. The Kier molecular flexibility index (Phi) is 9.42. The molecular formula is C32H29N5O3S. The smallest absolute Gasteiger partial charge is 0.250 e. The predicted molar refractivity (Wildman–Crippen MR) is 162 cm³/mol. The number of hydrogen-bond donors (Lipinski definition) is 1. The van der Waals surface area contributed by atoms with Gasteiger partial charge >= 0.3 is 0 Å². The minimum absolute atomic E-state index is 0.113. The first-order valence-electron chi connectivity index (χ1n) is 13.1. The predicted octanol–water partition coefficient (Wildman–Crippen LogP) is 6.15. The highest BCUT2D eigenvalue weighted by Crippen LogP contribution is 2.29. The van der Waals surface area contributed by atoms with Crippen LogP contribution < -0.4 is 14.9 Å². The normalized spacial score (nSPS) is 11.0. The van der Waals surface area contributed by atoms with Gasteiger partial charge in [0.25, 0.3) is 5.91 Å². The number of nitrogens with zero attached hydrogens (tertiary/aromatic N) is 4. The van der Waals surface area contributed by atoms with Crippen LogP contribution in [0, 0.1) is 0 Å². The van der Waals surface area contributed by atoms with E-state index in [0.717, 1.165) is 33.9 Å². The fourth-order valence-electron chi connectivity index (χ4n) is 4.00. The maximum Gasteiger partial charge on any atom is 0.250 e. The second-order valence-electron chi connectivity index (χ2n) is 8.86. The minimum atomic E-state index is -0.259. The molecule has 8 nitrogen and oxygen atoms in total. The molecule has 41 heavy (non-hydrogen) atoms. The molecule has 0 spiro atoms. The van der Waals surface area contributed by atoms with Gasteiger partial charge in [0.15, 0.2) is 11.0 Å². The third-order valence-corrected chi connectivity index (χ3v) is 6.84. The summed E-state index contributed by atoms with van der Waals surface area (Å²) in [6.07, 6.45) is 1.59. The Morgan fingerprint density at radius 3 is 2.39 bits per heavy atom. The molecule has 1 aromatic heterocycles. The first kappa shape index (κ1) is 27.7. The lowest BCUT2D eigenvalue weighted by Crippen LogP contribution is -2.20. The Balaban J connectivity index is 1.22. The Morgan fingerprint density at radius 2 is 1.63 bits per heavy atom. The fourth-order valence-corrected chi connectivity index (χ4v) is 4.74. The topological polar surface area (TPSA) is 90.6 Å².